The summed E-state index contributed by atoms with van der Waals surface area (Å²) in [4.78, 5) is 3.45. The smallest absolute Gasteiger partial charge is 0.118 e. The van der Waals surface area contributed by atoms with E-state index < -0.39 is 6.10 Å². The van der Waals surface area contributed by atoms with Gasteiger partial charge >= 0.3 is 0 Å². The third-order valence-electron chi connectivity index (χ3n) is 4.47. The number of ether oxygens (including phenoxy) is 1. The molecule has 0 heterocycles. The van der Waals surface area contributed by atoms with Crippen LogP contribution in [0.1, 0.15) is 11.1 Å². The van der Waals surface area contributed by atoms with Gasteiger partial charge in [-0.05, 0) is 35.4 Å². The molecule has 0 bridgehead atoms. The third-order valence-corrected chi connectivity index (χ3v) is 5.63. The van der Waals surface area contributed by atoms with Crippen LogP contribution in [0.4, 0.5) is 0 Å². The molecule has 1 N–H and O–H groups in total. The van der Waals surface area contributed by atoms with Crippen molar-refractivity contribution in [2.45, 2.75) is 24.1 Å². The summed E-state index contributed by atoms with van der Waals surface area (Å²) in [7, 11) is 1.67. The highest BCUT2D eigenvalue weighted by Crippen LogP contribution is 2.22. The van der Waals surface area contributed by atoms with Crippen molar-refractivity contribution in [2.24, 2.45) is 0 Å². The van der Waals surface area contributed by atoms with Crippen molar-refractivity contribution < 1.29 is 9.84 Å². The first-order valence-corrected chi connectivity index (χ1v) is 10.5. The normalized spacial score (nSPS) is 12.1. The number of benzene rings is 3. The Hall–Kier alpha value is -2.27. The van der Waals surface area contributed by atoms with E-state index in [0.29, 0.717) is 12.3 Å². The van der Waals surface area contributed by atoms with E-state index in [0.717, 1.165) is 23.7 Å². The van der Waals surface area contributed by atoms with E-state index >= 15 is 0 Å². The Morgan fingerprint density at radius 3 is 1.86 bits per heavy atom. The maximum Gasteiger partial charge on any atom is 0.118 e. The summed E-state index contributed by atoms with van der Waals surface area (Å²) >= 11 is 1.67. The highest BCUT2D eigenvalue weighted by molar-refractivity contribution is 7.99. The van der Waals surface area contributed by atoms with Crippen LogP contribution in [0.15, 0.2) is 89.8 Å². The van der Waals surface area contributed by atoms with Crippen molar-refractivity contribution in [1.82, 2.24) is 4.90 Å². The van der Waals surface area contributed by atoms with Crippen LogP contribution >= 0.6 is 11.8 Å². The molecule has 1 unspecified atom stereocenters. The minimum absolute atomic E-state index is 0.403. The summed E-state index contributed by atoms with van der Waals surface area (Å²) in [5.41, 5.74) is 2.52. The third kappa shape index (κ3) is 6.71. The van der Waals surface area contributed by atoms with Gasteiger partial charge in [-0.1, -0.05) is 60.7 Å². The minimum Gasteiger partial charge on any atom is -0.497 e. The van der Waals surface area contributed by atoms with E-state index in [1.807, 2.05) is 36.4 Å². The number of hydrogen-bond donors (Lipinski definition) is 1. The van der Waals surface area contributed by atoms with Gasteiger partial charge in [-0.2, -0.15) is 0 Å². The molecular weight excluding hydrogens is 366 g/mol. The first kappa shape index (κ1) is 20.5. The molecule has 4 heteroatoms. The first-order valence-electron chi connectivity index (χ1n) is 9.48. The molecule has 0 radical (unpaired) electrons. The first-order chi connectivity index (χ1) is 13.7. The van der Waals surface area contributed by atoms with Gasteiger partial charge in [0.05, 0.1) is 13.2 Å². The average molecular weight is 394 g/mol. The van der Waals surface area contributed by atoms with Crippen LogP contribution in [0.5, 0.6) is 5.75 Å². The molecular formula is C24H27NO2S. The number of aliphatic hydroxyl groups is 1. The monoisotopic (exact) mass is 393 g/mol. The van der Waals surface area contributed by atoms with Gasteiger partial charge in [-0.3, -0.25) is 4.90 Å². The number of hydrogen-bond acceptors (Lipinski definition) is 4. The van der Waals surface area contributed by atoms with Crippen LogP contribution in [-0.4, -0.2) is 35.5 Å². The summed E-state index contributed by atoms with van der Waals surface area (Å²) in [6, 6.07) is 28.8. The second kappa shape index (κ2) is 10.9. The Balaban J connectivity index is 1.58. The highest BCUT2D eigenvalue weighted by atomic mass is 32.2. The van der Waals surface area contributed by atoms with E-state index in [4.69, 9.17) is 4.74 Å². The van der Waals surface area contributed by atoms with Crippen LogP contribution < -0.4 is 4.74 Å². The summed E-state index contributed by atoms with van der Waals surface area (Å²) in [5, 5.41) is 10.7. The number of methoxy groups -OCH3 is 1. The minimum atomic E-state index is -0.403. The van der Waals surface area contributed by atoms with Crippen molar-refractivity contribution in [3.05, 3.63) is 96.1 Å². The van der Waals surface area contributed by atoms with Gasteiger partial charge in [0.15, 0.2) is 0 Å². The predicted molar refractivity (Wildman–Crippen MR) is 117 cm³/mol. The lowest BCUT2D eigenvalue weighted by atomic mass is 10.1. The Morgan fingerprint density at radius 1 is 0.821 bits per heavy atom. The number of aliphatic hydroxyl groups excluding tert-OH is 1. The molecule has 3 rings (SSSR count). The van der Waals surface area contributed by atoms with Crippen molar-refractivity contribution in [3.63, 3.8) is 0 Å². The van der Waals surface area contributed by atoms with Crippen LogP contribution in [0.25, 0.3) is 0 Å². The maximum absolute atomic E-state index is 10.7. The van der Waals surface area contributed by atoms with Gasteiger partial charge in [0.2, 0.25) is 0 Å². The zero-order valence-electron chi connectivity index (χ0n) is 16.2. The van der Waals surface area contributed by atoms with Crippen molar-refractivity contribution in [1.29, 1.82) is 0 Å². The second-order valence-corrected chi connectivity index (χ2v) is 7.87. The lowest BCUT2D eigenvalue weighted by molar-refractivity contribution is 0.121. The van der Waals surface area contributed by atoms with Gasteiger partial charge in [-0.15, -0.1) is 11.8 Å². The van der Waals surface area contributed by atoms with Crippen LogP contribution in [-0.2, 0) is 13.1 Å². The van der Waals surface area contributed by atoms with E-state index in [-0.39, 0.29) is 0 Å². The molecule has 0 aliphatic rings. The van der Waals surface area contributed by atoms with Gasteiger partial charge in [0.25, 0.3) is 0 Å². The maximum atomic E-state index is 10.7. The molecule has 0 fully saturated rings. The van der Waals surface area contributed by atoms with Crippen LogP contribution in [0.2, 0.25) is 0 Å². The Labute approximate surface area is 172 Å². The predicted octanol–water partition coefficient (Wildman–Crippen LogP) is 4.85. The SMILES string of the molecule is COc1ccc(SCC(O)CN(Cc2ccccc2)Cc2ccccc2)cc1. The topological polar surface area (TPSA) is 32.7 Å². The van der Waals surface area contributed by atoms with E-state index in [9.17, 15) is 5.11 Å². The Morgan fingerprint density at radius 2 is 1.36 bits per heavy atom. The summed E-state index contributed by atoms with van der Waals surface area (Å²) in [6.07, 6.45) is -0.403. The zero-order chi connectivity index (χ0) is 19.6. The fourth-order valence-electron chi connectivity index (χ4n) is 3.08. The van der Waals surface area contributed by atoms with Gasteiger partial charge in [0.1, 0.15) is 5.75 Å². The number of thioether (sulfide) groups is 1. The molecule has 3 aromatic carbocycles. The fourth-order valence-corrected chi connectivity index (χ4v) is 3.90. The molecule has 0 saturated carbocycles. The van der Waals surface area contributed by atoms with Crippen molar-refractivity contribution in [2.75, 3.05) is 19.4 Å². The largest absolute Gasteiger partial charge is 0.497 e. The van der Waals surface area contributed by atoms with E-state index in [1.54, 1.807) is 18.9 Å². The quantitative estimate of drug-likeness (QED) is 0.499. The second-order valence-electron chi connectivity index (χ2n) is 6.78. The summed E-state index contributed by atoms with van der Waals surface area (Å²) in [6.45, 7) is 2.27. The fraction of sp³-hybridized carbons (Fsp3) is 0.250. The molecule has 28 heavy (non-hydrogen) atoms. The lowest BCUT2D eigenvalue weighted by Crippen LogP contribution is -2.33. The Kier molecular flexibility index (Phi) is 7.97. The van der Waals surface area contributed by atoms with Gasteiger partial charge < -0.3 is 9.84 Å². The van der Waals surface area contributed by atoms with Crippen LogP contribution in [0.3, 0.4) is 0 Å². The number of nitrogens with zero attached hydrogens (tertiary/aromatic N) is 1. The van der Waals surface area contributed by atoms with E-state index in [1.165, 1.54) is 11.1 Å². The summed E-state index contributed by atoms with van der Waals surface area (Å²) < 4.78 is 5.20. The highest BCUT2D eigenvalue weighted by Gasteiger charge is 2.14. The molecule has 0 aromatic heterocycles. The molecule has 0 saturated heterocycles. The molecule has 146 valence electrons. The van der Waals surface area contributed by atoms with Crippen LogP contribution in [0, 0.1) is 0 Å². The van der Waals surface area contributed by atoms with Crippen molar-refractivity contribution >= 4 is 11.8 Å². The Bertz CT molecular complexity index is 768. The molecule has 3 aromatic rings. The van der Waals surface area contributed by atoms with Gasteiger partial charge in [0, 0.05) is 30.3 Å². The standard InChI is InChI=1S/C24H27NO2S/c1-27-23-12-14-24(15-13-23)28-19-22(26)18-25(16-20-8-4-2-5-9-20)17-21-10-6-3-7-11-21/h2-15,22,26H,16-19H2,1H3. The zero-order valence-corrected chi connectivity index (χ0v) is 17.0. The molecule has 0 aliphatic carbocycles. The van der Waals surface area contributed by atoms with E-state index in [2.05, 4.69) is 53.4 Å². The molecule has 3 nitrogen and oxygen atoms in total. The van der Waals surface area contributed by atoms with Crippen molar-refractivity contribution in [3.8, 4) is 5.75 Å². The molecule has 1 atom stereocenters. The molecule has 0 aliphatic heterocycles. The average Bonchev–Trinajstić information content (AvgIpc) is 2.74. The summed E-state index contributed by atoms with van der Waals surface area (Å²) in [5.74, 6) is 1.51. The lowest BCUT2D eigenvalue weighted by Gasteiger charge is -2.25. The molecule has 0 amide bonds. The molecule has 0 spiro atoms. The van der Waals surface area contributed by atoms with Gasteiger partial charge in [-0.25, -0.2) is 0 Å². The number of rotatable bonds is 10.